The van der Waals surface area contributed by atoms with Crippen molar-refractivity contribution in [2.75, 3.05) is 11.1 Å². The predicted molar refractivity (Wildman–Crippen MR) is 97.0 cm³/mol. The average Bonchev–Trinajstić information content (AvgIpc) is 2.63. The number of carbonyl (C=O) groups is 2. The maximum atomic E-state index is 13.6. The van der Waals surface area contributed by atoms with Crippen molar-refractivity contribution >= 4 is 29.3 Å². The first kappa shape index (κ1) is 20.8. The van der Waals surface area contributed by atoms with Crippen molar-refractivity contribution in [3.8, 4) is 0 Å². The Morgan fingerprint density at radius 1 is 1.07 bits per heavy atom. The average molecular weight is 397 g/mol. The molecule has 0 bridgehead atoms. The minimum Gasteiger partial charge on any atom is -0.453 e. The topological polar surface area (TPSA) is 55.4 Å². The molecule has 0 fully saturated rings. The zero-order valence-electron chi connectivity index (χ0n) is 14.7. The third kappa shape index (κ3) is 6.02. The number of esters is 1. The van der Waals surface area contributed by atoms with Gasteiger partial charge in [0, 0.05) is 10.6 Å². The molecule has 0 aliphatic heterocycles. The summed E-state index contributed by atoms with van der Waals surface area (Å²) in [4.78, 5) is 24.8. The van der Waals surface area contributed by atoms with E-state index in [2.05, 4.69) is 5.32 Å². The first-order valence-electron chi connectivity index (χ1n) is 8.11. The molecule has 0 saturated heterocycles. The SMILES string of the molecule is Cc1ccc(SCCC(=O)O[C@@H](C)C(=O)Nc2ccc(F)c(F)c2F)cc1. The van der Waals surface area contributed by atoms with Gasteiger partial charge in [-0.3, -0.25) is 9.59 Å². The molecular weight excluding hydrogens is 379 g/mol. The number of thioether (sulfide) groups is 1. The highest BCUT2D eigenvalue weighted by Gasteiger charge is 2.21. The van der Waals surface area contributed by atoms with Crippen molar-refractivity contribution < 1.29 is 27.5 Å². The zero-order valence-corrected chi connectivity index (χ0v) is 15.5. The summed E-state index contributed by atoms with van der Waals surface area (Å²) in [6.45, 7) is 3.28. The molecule has 1 amide bonds. The predicted octanol–water partition coefficient (Wildman–Crippen LogP) is 4.46. The number of nitrogens with one attached hydrogen (secondary N) is 1. The number of rotatable bonds is 7. The van der Waals surface area contributed by atoms with Gasteiger partial charge in [-0.25, -0.2) is 13.2 Å². The van der Waals surface area contributed by atoms with E-state index in [0.29, 0.717) is 11.8 Å². The van der Waals surface area contributed by atoms with Crippen LogP contribution in [0.3, 0.4) is 0 Å². The van der Waals surface area contributed by atoms with E-state index in [0.717, 1.165) is 16.5 Å². The second-order valence-electron chi connectivity index (χ2n) is 5.76. The fourth-order valence-corrected chi connectivity index (χ4v) is 2.89. The summed E-state index contributed by atoms with van der Waals surface area (Å²) in [5.74, 6) is -5.55. The minimum absolute atomic E-state index is 0.0791. The number of amides is 1. The zero-order chi connectivity index (χ0) is 20.0. The van der Waals surface area contributed by atoms with Crippen molar-refractivity contribution in [1.82, 2.24) is 0 Å². The number of carbonyl (C=O) groups excluding carboxylic acids is 2. The van der Waals surface area contributed by atoms with Gasteiger partial charge < -0.3 is 10.1 Å². The molecule has 0 radical (unpaired) electrons. The molecule has 144 valence electrons. The Hall–Kier alpha value is -2.48. The first-order chi connectivity index (χ1) is 12.8. The van der Waals surface area contributed by atoms with Crippen molar-refractivity contribution in [2.45, 2.75) is 31.3 Å². The third-order valence-electron chi connectivity index (χ3n) is 3.57. The van der Waals surface area contributed by atoms with E-state index in [1.165, 1.54) is 18.7 Å². The Morgan fingerprint density at radius 3 is 2.41 bits per heavy atom. The summed E-state index contributed by atoms with van der Waals surface area (Å²) in [5.41, 5.74) is 0.604. The van der Waals surface area contributed by atoms with Crippen molar-refractivity contribution in [1.29, 1.82) is 0 Å². The number of hydrogen-bond donors (Lipinski definition) is 1. The van der Waals surface area contributed by atoms with Crippen LogP contribution in [0.4, 0.5) is 18.9 Å². The van der Waals surface area contributed by atoms with Gasteiger partial charge in [0.2, 0.25) is 0 Å². The molecule has 0 aliphatic rings. The Morgan fingerprint density at radius 2 is 1.74 bits per heavy atom. The van der Waals surface area contributed by atoms with Gasteiger partial charge in [0.1, 0.15) is 0 Å². The number of ether oxygens (including phenoxy) is 1. The summed E-state index contributed by atoms with van der Waals surface area (Å²) in [7, 11) is 0. The number of halogens is 3. The molecule has 0 unspecified atom stereocenters. The van der Waals surface area contributed by atoms with Gasteiger partial charge in [-0.2, -0.15) is 0 Å². The molecule has 2 aromatic rings. The molecule has 27 heavy (non-hydrogen) atoms. The van der Waals surface area contributed by atoms with Crippen LogP contribution in [0.2, 0.25) is 0 Å². The van der Waals surface area contributed by atoms with Crippen molar-refractivity contribution in [3.63, 3.8) is 0 Å². The Kier molecular flexibility index (Phi) is 7.29. The van der Waals surface area contributed by atoms with Gasteiger partial charge in [0.05, 0.1) is 12.1 Å². The van der Waals surface area contributed by atoms with E-state index in [-0.39, 0.29) is 6.42 Å². The largest absolute Gasteiger partial charge is 0.453 e. The molecule has 0 spiro atoms. The van der Waals surface area contributed by atoms with E-state index in [9.17, 15) is 22.8 Å². The van der Waals surface area contributed by atoms with Crippen molar-refractivity contribution in [2.24, 2.45) is 0 Å². The highest BCUT2D eigenvalue weighted by atomic mass is 32.2. The lowest BCUT2D eigenvalue weighted by Gasteiger charge is -2.14. The maximum Gasteiger partial charge on any atom is 0.307 e. The summed E-state index contributed by atoms with van der Waals surface area (Å²) < 4.78 is 44.6. The van der Waals surface area contributed by atoms with Crippen LogP contribution in [0.25, 0.3) is 0 Å². The summed E-state index contributed by atoms with van der Waals surface area (Å²) in [6, 6.07) is 9.38. The van der Waals surface area contributed by atoms with Gasteiger partial charge in [-0.05, 0) is 38.1 Å². The standard InChI is InChI=1S/C19H18F3NO3S/c1-11-3-5-13(6-4-11)27-10-9-16(24)26-12(2)19(25)23-15-8-7-14(20)17(21)18(15)22/h3-8,12H,9-10H2,1-2H3,(H,23,25)/t12-/m0/s1. The Balaban J connectivity index is 1.80. The fraction of sp³-hybridized carbons (Fsp3) is 0.263. The molecule has 0 saturated carbocycles. The van der Waals surface area contributed by atoms with Gasteiger partial charge in [0.15, 0.2) is 23.6 Å². The van der Waals surface area contributed by atoms with Gasteiger partial charge in [-0.15, -0.1) is 11.8 Å². The molecule has 0 aliphatic carbocycles. The van der Waals surface area contributed by atoms with Crippen LogP contribution in [-0.4, -0.2) is 23.7 Å². The van der Waals surface area contributed by atoms with E-state index < -0.39 is 41.1 Å². The molecule has 4 nitrogen and oxygen atoms in total. The smallest absolute Gasteiger partial charge is 0.307 e. The third-order valence-corrected chi connectivity index (χ3v) is 4.58. The van der Waals surface area contributed by atoms with Crippen LogP contribution < -0.4 is 5.32 Å². The maximum absolute atomic E-state index is 13.6. The second-order valence-corrected chi connectivity index (χ2v) is 6.92. The molecule has 0 aromatic heterocycles. The first-order valence-corrected chi connectivity index (χ1v) is 9.10. The highest BCUT2D eigenvalue weighted by Crippen LogP contribution is 2.21. The van der Waals surface area contributed by atoms with Gasteiger partial charge >= 0.3 is 5.97 Å². The molecule has 8 heteroatoms. The van der Waals surface area contributed by atoms with Crippen LogP contribution in [0.1, 0.15) is 18.9 Å². The Bertz CT molecular complexity index is 828. The second kappa shape index (κ2) is 9.45. The molecule has 2 rings (SSSR count). The number of aryl methyl sites for hydroxylation is 1. The molecular formula is C19H18F3NO3S. The summed E-state index contributed by atoms with van der Waals surface area (Å²) >= 11 is 1.47. The van der Waals surface area contributed by atoms with E-state index in [1.807, 2.05) is 31.2 Å². The molecule has 2 aromatic carbocycles. The summed E-state index contributed by atoms with van der Waals surface area (Å²) in [5, 5.41) is 2.07. The quantitative estimate of drug-likeness (QED) is 0.426. The van der Waals surface area contributed by atoms with Crippen LogP contribution in [0.15, 0.2) is 41.3 Å². The number of anilines is 1. The van der Waals surface area contributed by atoms with Crippen molar-refractivity contribution in [3.05, 3.63) is 59.4 Å². The fourth-order valence-electron chi connectivity index (χ4n) is 2.05. The monoisotopic (exact) mass is 397 g/mol. The minimum atomic E-state index is -1.69. The van der Waals surface area contributed by atoms with E-state index in [1.54, 1.807) is 0 Å². The lowest BCUT2D eigenvalue weighted by molar-refractivity contribution is -0.152. The normalized spacial score (nSPS) is 11.7. The number of benzene rings is 2. The summed E-state index contributed by atoms with van der Waals surface area (Å²) in [6.07, 6.45) is -1.13. The molecule has 0 heterocycles. The van der Waals surface area contributed by atoms with Gasteiger partial charge in [0.25, 0.3) is 5.91 Å². The molecule has 1 N–H and O–H groups in total. The van der Waals surface area contributed by atoms with Crippen LogP contribution in [-0.2, 0) is 14.3 Å². The Labute approximate surface area is 159 Å². The van der Waals surface area contributed by atoms with Crippen LogP contribution in [0.5, 0.6) is 0 Å². The number of hydrogen-bond acceptors (Lipinski definition) is 4. The highest BCUT2D eigenvalue weighted by molar-refractivity contribution is 7.99. The van der Waals surface area contributed by atoms with E-state index >= 15 is 0 Å². The lowest BCUT2D eigenvalue weighted by atomic mass is 10.2. The van der Waals surface area contributed by atoms with Gasteiger partial charge in [-0.1, -0.05) is 17.7 Å². The van der Waals surface area contributed by atoms with Crippen LogP contribution >= 0.6 is 11.8 Å². The lowest BCUT2D eigenvalue weighted by Crippen LogP contribution is -2.30. The molecule has 1 atom stereocenters. The van der Waals surface area contributed by atoms with Crippen LogP contribution in [0, 0.1) is 24.4 Å². The van der Waals surface area contributed by atoms with E-state index in [4.69, 9.17) is 4.74 Å².